The number of nitrogens with zero attached hydrogens (tertiary/aromatic N) is 4. The van der Waals surface area contributed by atoms with Gasteiger partial charge in [-0.25, -0.2) is 9.97 Å². The molecule has 60 heavy (non-hydrogen) atoms. The van der Waals surface area contributed by atoms with Gasteiger partial charge in [-0.05, 0) is 67.4 Å². The van der Waals surface area contributed by atoms with Crippen molar-refractivity contribution in [1.29, 1.82) is 0 Å². The Morgan fingerprint density at radius 3 is 0.817 bits per heavy atom. The molecule has 2 aromatic heterocycles. The van der Waals surface area contributed by atoms with Crippen molar-refractivity contribution in [3.8, 4) is 34.2 Å². The SMILES string of the molecule is c1ccc(-n2c(-c3c4ccccc4c(-c4nc5c6ccccc6c6ccccc6c5n4-c4ccccc4)c4ccccc34)nc3c4ccccc4c4ccccc4c32)cc1. The van der Waals surface area contributed by atoms with Crippen LogP contribution in [0.3, 0.4) is 0 Å². The smallest absolute Gasteiger partial charge is 0.147 e. The highest BCUT2D eigenvalue weighted by Gasteiger charge is 2.27. The van der Waals surface area contributed by atoms with Crippen molar-refractivity contribution in [2.24, 2.45) is 0 Å². The second-order valence-corrected chi connectivity index (χ2v) is 15.6. The summed E-state index contributed by atoms with van der Waals surface area (Å²) in [5, 5.41) is 14.0. The van der Waals surface area contributed by atoms with Gasteiger partial charge in [-0.3, -0.25) is 9.13 Å². The molecule has 13 aromatic rings. The molecule has 0 amide bonds. The molecule has 0 bridgehead atoms. The number of benzene rings is 11. The van der Waals surface area contributed by atoms with Crippen LogP contribution in [-0.2, 0) is 0 Å². The van der Waals surface area contributed by atoms with E-state index in [1.54, 1.807) is 0 Å². The summed E-state index contributed by atoms with van der Waals surface area (Å²) in [6, 6.07) is 74.1. The van der Waals surface area contributed by atoms with Gasteiger partial charge in [-0.2, -0.15) is 0 Å². The number of fused-ring (bicyclic) bond motifs is 14. The quantitative estimate of drug-likeness (QED) is 0.132. The average molecular weight is 763 g/mol. The fourth-order valence-electron chi connectivity index (χ4n) is 10.0. The standard InChI is InChI=1S/C56H34N4/c1-3-19-35(20-4-1)59-53-47-33-17-9-25-39(47)37-23-7-15-31-45(37)51(53)57-55(59)49-41-27-11-13-29-43(41)50(44-30-14-12-28-42(44)49)56-58-52-46-32-16-8-24-38(46)40-26-10-18-34-48(40)54(52)60(56)36-21-5-2-6-22-36/h1-34H. The number of hydrogen-bond acceptors (Lipinski definition) is 2. The van der Waals surface area contributed by atoms with Gasteiger partial charge in [0, 0.05) is 44.0 Å². The third kappa shape index (κ3) is 4.56. The van der Waals surface area contributed by atoms with Crippen LogP contribution >= 0.6 is 0 Å². The molecule has 0 radical (unpaired) electrons. The maximum atomic E-state index is 5.75. The van der Waals surface area contributed by atoms with Crippen LogP contribution in [0.4, 0.5) is 0 Å². The molecular formula is C56H34N4. The largest absolute Gasteiger partial charge is 0.292 e. The molecule has 0 aliphatic rings. The summed E-state index contributed by atoms with van der Waals surface area (Å²) in [6.07, 6.45) is 0. The van der Waals surface area contributed by atoms with Gasteiger partial charge in [-0.15, -0.1) is 0 Å². The highest BCUT2D eigenvalue weighted by molar-refractivity contribution is 6.28. The minimum absolute atomic E-state index is 0.908. The monoisotopic (exact) mass is 762 g/mol. The summed E-state index contributed by atoms with van der Waals surface area (Å²) in [4.78, 5) is 11.5. The topological polar surface area (TPSA) is 35.6 Å². The Bertz CT molecular complexity index is 3570. The molecule has 278 valence electrons. The molecule has 0 fully saturated rings. The summed E-state index contributed by atoms with van der Waals surface area (Å²) in [6.45, 7) is 0. The van der Waals surface area contributed by atoms with Crippen molar-refractivity contribution < 1.29 is 0 Å². The molecule has 0 unspecified atom stereocenters. The Kier molecular flexibility index (Phi) is 6.98. The van der Waals surface area contributed by atoms with Crippen molar-refractivity contribution in [3.05, 3.63) is 206 Å². The summed E-state index contributed by atoms with van der Waals surface area (Å²) < 4.78 is 4.80. The van der Waals surface area contributed by atoms with E-state index in [9.17, 15) is 0 Å². The zero-order valence-corrected chi connectivity index (χ0v) is 32.4. The van der Waals surface area contributed by atoms with Crippen molar-refractivity contribution >= 4 is 86.7 Å². The van der Waals surface area contributed by atoms with Gasteiger partial charge in [0.2, 0.25) is 0 Å². The Hall–Kier alpha value is -8.08. The van der Waals surface area contributed by atoms with Crippen LogP contribution in [0.5, 0.6) is 0 Å². The number of aromatic nitrogens is 4. The van der Waals surface area contributed by atoms with E-state index < -0.39 is 0 Å². The molecule has 0 spiro atoms. The maximum absolute atomic E-state index is 5.75. The van der Waals surface area contributed by atoms with Crippen LogP contribution in [0.15, 0.2) is 206 Å². The van der Waals surface area contributed by atoms with Gasteiger partial charge < -0.3 is 0 Å². The van der Waals surface area contributed by atoms with E-state index >= 15 is 0 Å². The third-order valence-corrected chi connectivity index (χ3v) is 12.5. The van der Waals surface area contributed by atoms with E-state index in [2.05, 4.69) is 215 Å². The van der Waals surface area contributed by atoms with E-state index in [4.69, 9.17) is 9.97 Å². The van der Waals surface area contributed by atoms with Crippen LogP contribution in [0.2, 0.25) is 0 Å². The molecular weight excluding hydrogens is 729 g/mol. The summed E-state index contributed by atoms with van der Waals surface area (Å²) in [5.41, 5.74) is 8.51. The number of imidazole rings is 2. The van der Waals surface area contributed by atoms with Gasteiger partial charge in [0.1, 0.15) is 11.6 Å². The third-order valence-electron chi connectivity index (χ3n) is 12.5. The highest BCUT2D eigenvalue weighted by Crippen LogP contribution is 2.48. The van der Waals surface area contributed by atoms with Gasteiger partial charge >= 0.3 is 0 Å². The molecule has 0 saturated carbocycles. The first-order chi connectivity index (χ1) is 29.8. The van der Waals surface area contributed by atoms with Crippen molar-refractivity contribution in [3.63, 3.8) is 0 Å². The van der Waals surface area contributed by atoms with E-state index in [1.807, 2.05) is 0 Å². The second-order valence-electron chi connectivity index (χ2n) is 15.6. The predicted molar refractivity (Wildman–Crippen MR) is 252 cm³/mol. The lowest BCUT2D eigenvalue weighted by Gasteiger charge is -2.19. The van der Waals surface area contributed by atoms with Crippen LogP contribution in [0.1, 0.15) is 0 Å². The number of para-hydroxylation sites is 2. The van der Waals surface area contributed by atoms with Crippen molar-refractivity contribution in [2.45, 2.75) is 0 Å². The van der Waals surface area contributed by atoms with E-state index in [0.717, 1.165) is 88.5 Å². The molecule has 0 aliphatic heterocycles. The molecule has 11 aromatic carbocycles. The Morgan fingerprint density at radius 2 is 0.483 bits per heavy atom. The van der Waals surface area contributed by atoms with Crippen LogP contribution in [0.25, 0.3) is 121 Å². The maximum Gasteiger partial charge on any atom is 0.147 e. The molecule has 0 N–H and O–H groups in total. The lowest BCUT2D eigenvalue weighted by Crippen LogP contribution is -2.02. The first-order valence-electron chi connectivity index (χ1n) is 20.5. The van der Waals surface area contributed by atoms with E-state index in [1.165, 1.54) is 32.3 Å². The van der Waals surface area contributed by atoms with Crippen LogP contribution in [0, 0.1) is 0 Å². The Balaban J connectivity index is 1.23. The summed E-state index contributed by atoms with van der Waals surface area (Å²) in [5.74, 6) is 1.82. The van der Waals surface area contributed by atoms with Crippen LogP contribution < -0.4 is 0 Å². The van der Waals surface area contributed by atoms with Gasteiger partial charge in [-0.1, -0.05) is 182 Å². The minimum Gasteiger partial charge on any atom is -0.292 e. The van der Waals surface area contributed by atoms with Crippen molar-refractivity contribution in [2.75, 3.05) is 0 Å². The normalized spacial score (nSPS) is 12.0. The molecule has 0 aliphatic carbocycles. The van der Waals surface area contributed by atoms with Crippen LogP contribution in [-0.4, -0.2) is 19.1 Å². The van der Waals surface area contributed by atoms with Gasteiger partial charge in [0.25, 0.3) is 0 Å². The molecule has 2 heterocycles. The first-order valence-corrected chi connectivity index (χ1v) is 20.5. The lowest BCUT2D eigenvalue weighted by atomic mass is 9.90. The summed E-state index contributed by atoms with van der Waals surface area (Å²) in [7, 11) is 0. The number of rotatable bonds is 4. The zero-order chi connectivity index (χ0) is 39.3. The molecule has 4 nitrogen and oxygen atoms in total. The van der Waals surface area contributed by atoms with Gasteiger partial charge in [0.05, 0.1) is 22.1 Å². The number of hydrogen-bond donors (Lipinski definition) is 0. The predicted octanol–water partition coefficient (Wildman–Crippen LogP) is 14.6. The Morgan fingerprint density at radius 1 is 0.233 bits per heavy atom. The second kappa shape index (κ2) is 12.7. The van der Waals surface area contributed by atoms with Gasteiger partial charge in [0.15, 0.2) is 0 Å². The highest BCUT2D eigenvalue weighted by atomic mass is 15.1. The molecule has 0 saturated heterocycles. The van der Waals surface area contributed by atoms with E-state index in [0.29, 0.717) is 0 Å². The first kappa shape index (κ1) is 32.9. The van der Waals surface area contributed by atoms with E-state index in [-0.39, 0.29) is 0 Å². The molecule has 4 heteroatoms. The Labute approximate surface area is 344 Å². The molecule has 13 rings (SSSR count). The van der Waals surface area contributed by atoms with Crippen molar-refractivity contribution in [1.82, 2.24) is 19.1 Å². The lowest BCUT2D eigenvalue weighted by molar-refractivity contribution is 1.11. The fraction of sp³-hybridized carbons (Fsp3) is 0. The minimum atomic E-state index is 0.908. The fourth-order valence-corrected chi connectivity index (χ4v) is 10.0. The average Bonchev–Trinajstić information content (AvgIpc) is 3.92. The molecule has 0 atom stereocenters. The zero-order valence-electron chi connectivity index (χ0n) is 32.4. The summed E-state index contributed by atoms with van der Waals surface area (Å²) >= 11 is 0.